The Labute approximate surface area is 144 Å². The van der Waals surface area contributed by atoms with Gasteiger partial charge < -0.3 is 4.74 Å². The smallest absolute Gasteiger partial charge is 0.162 e. The molecule has 1 aliphatic rings. The highest BCUT2D eigenvalue weighted by molar-refractivity contribution is 6.30. The lowest BCUT2D eigenvalue weighted by Crippen LogP contribution is -2.06. The quantitative estimate of drug-likeness (QED) is 0.717. The molecule has 5 heteroatoms. The van der Waals surface area contributed by atoms with Gasteiger partial charge >= 0.3 is 0 Å². The average Bonchev–Trinajstić information content (AvgIpc) is 3.38. The first-order chi connectivity index (χ1) is 11.5. The van der Waals surface area contributed by atoms with Crippen LogP contribution in [0.2, 0.25) is 5.02 Å². The summed E-state index contributed by atoms with van der Waals surface area (Å²) in [6.07, 6.45) is 2.06. The van der Waals surface area contributed by atoms with Crippen molar-refractivity contribution in [3.8, 4) is 11.8 Å². The molecular formula is C19H15ClFNO2. The number of hydrogen-bond donors (Lipinski definition) is 0. The number of carbonyl (C=O) groups excluding carboxylic acids is 1. The molecule has 0 bridgehead atoms. The van der Waals surface area contributed by atoms with Crippen LogP contribution in [0.3, 0.4) is 0 Å². The maximum atomic E-state index is 14.1. The molecule has 0 amide bonds. The van der Waals surface area contributed by atoms with Crippen LogP contribution in [0.5, 0.6) is 5.75 Å². The van der Waals surface area contributed by atoms with Gasteiger partial charge in [0.15, 0.2) is 5.78 Å². The number of halogens is 2. The van der Waals surface area contributed by atoms with Crippen molar-refractivity contribution in [2.45, 2.75) is 32.3 Å². The van der Waals surface area contributed by atoms with E-state index in [0.29, 0.717) is 27.8 Å². The van der Waals surface area contributed by atoms with Gasteiger partial charge in [0, 0.05) is 5.02 Å². The summed E-state index contributed by atoms with van der Waals surface area (Å²) in [6.45, 7) is 1.50. The Morgan fingerprint density at radius 2 is 2.12 bits per heavy atom. The Morgan fingerprint density at radius 3 is 2.75 bits per heavy atom. The fraction of sp³-hybridized carbons (Fsp3) is 0.263. The van der Waals surface area contributed by atoms with E-state index in [1.807, 2.05) is 6.07 Å². The van der Waals surface area contributed by atoms with E-state index >= 15 is 0 Å². The number of rotatable bonds is 5. The van der Waals surface area contributed by atoms with Gasteiger partial charge in [-0.1, -0.05) is 11.6 Å². The molecule has 122 valence electrons. The molecule has 1 saturated carbocycles. The van der Waals surface area contributed by atoms with E-state index in [4.69, 9.17) is 21.6 Å². The Bertz CT molecular complexity index is 853. The number of hydrogen-bond acceptors (Lipinski definition) is 3. The van der Waals surface area contributed by atoms with E-state index in [1.165, 1.54) is 19.1 Å². The van der Waals surface area contributed by atoms with E-state index in [2.05, 4.69) is 0 Å². The average molecular weight is 344 g/mol. The second kappa shape index (κ2) is 6.62. The summed E-state index contributed by atoms with van der Waals surface area (Å²) in [7, 11) is 0. The predicted molar refractivity (Wildman–Crippen MR) is 88.9 cm³/mol. The van der Waals surface area contributed by atoms with Crippen molar-refractivity contribution in [3.05, 3.63) is 63.4 Å². The fourth-order valence-corrected chi connectivity index (χ4v) is 2.84. The third-order valence-electron chi connectivity index (χ3n) is 4.07. The molecule has 0 aromatic heterocycles. The third kappa shape index (κ3) is 3.42. The molecule has 0 aliphatic heterocycles. The Kier molecular flexibility index (Phi) is 4.55. The molecule has 0 saturated heterocycles. The normalized spacial score (nSPS) is 13.4. The lowest BCUT2D eigenvalue weighted by atomic mass is 9.98. The van der Waals surface area contributed by atoms with E-state index in [9.17, 15) is 9.18 Å². The first-order valence-electron chi connectivity index (χ1n) is 7.65. The first-order valence-corrected chi connectivity index (χ1v) is 8.03. The molecule has 0 radical (unpaired) electrons. The zero-order valence-corrected chi connectivity index (χ0v) is 13.9. The minimum atomic E-state index is -0.540. The lowest BCUT2D eigenvalue weighted by molar-refractivity contribution is 0.101. The summed E-state index contributed by atoms with van der Waals surface area (Å²) in [5.74, 6) is -0.0731. The molecule has 2 aromatic carbocycles. The van der Waals surface area contributed by atoms with Gasteiger partial charge in [-0.25, -0.2) is 4.39 Å². The maximum Gasteiger partial charge on any atom is 0.162 e. The zero-order chi connectivity index (χ0) is 17.3. The first kappa shape index (κ1) is 16.5. The van der Waals surface area contributed by atoms with Gasteiger partial charge in [-0.2, -0.15) is 5.26 Å². The number of benzene rings is 2. The summed E-state index contributed by atoms with van der Waals surface area (Å²) < 4.78 is 19.9. The highest BCUT2D eigenvalue weighted by Crippen LogP contribution is 2.42. The molecule has 1 fully saturated rings. The fourth-order valence-electron chi connectivity index (χ4n) is 2.67. The predicted octanol–water partition coefficient (Wildman–Crippen LogP) is 5.01. The monoisotopic (exact) mass is 343 g/mol. The number of nitriles is 1. The van der Waals surface area contributed by atoms with Crippen molar-refractivity contribution in [1.82, 2.24) is 0 Å². The third-order valence-corrected chi connectivity index (χ3v) is 4.31. The van der Waals surface area contributed by atoms with Crippen LogP contribution in [0.4, 0.5) is 4.39 Å². The molecule has 3 rings (SSSR count). The second-order valence-corrected chi connectivity index (χ2v) is 6.34. The van der Waals surface area contributed by atoms with Gasteiger partial charge in [-0.3, -0.25) is 4.79 Å². The van der Waals surface area contributed by atoms with Crippen LogP contribution in [-0.2, 0) is 6.61 Å². The van der Waals surface area contributed by atoms with Crippen molar-refractivity contribution in [2.75, 3.05) is 0 Å². The molecule has 1 aliphatic carbocycles. The highest BCUT2D eigenvalue weighted by atomic mass is 35.5. The summed E-state index contributed by atoms with van der Waals surface area (Å²) in [5.41, 5.74) is 2.11. The molecular weight excluding hydrogens is 329 g/mol. The largest absolute Gasteiger partial charge is 0.488 e. The van der Waals surface area contributed by atoms with Crippen LogP contribution in [0.15, 0.2) is 30.3 Å². The van der Waals surface area contributed by atoms with Crippen LogP contribution in [0.1, 0.15) is 52.7 Å². The number of nitrogens with zero attached hydrogens (tertiary/aromatic N) is 1. The maximum absolute atomic E-state index is 14.1. The van der Waals surface area contributed by atoms with Crippen LogP contribution >= 0.6 is 11.6 Å². The molecule has 0 unspecified atom stereocenters. The molecule has 0 heterocycles. The number of carbonyl (C=O) groups is 1. The summed E-state index contributed by atoms with van der Waals surface area (Å²) in [4.78, 5) is 11.5. The number of ketones is 1. The summed E-state index contributed by atoms with van der Waals surface area (Å²) >= 11 is 5.87. The van der Waals surface area contributed by atoms with E-state index in [1.54, 1.807) is 18.2 Å². The van der Waals surface area contributed by atoms with E-state index < -0.39 is 5.82 Å². The Morgan fingerprint density at radius 1 is 1.38 bits per heavy atom. The van der Waals surface area contributed by atoms with Gasteiger partial charge in [0.1, 0.15) is 24.2 Å². The zero-order valence-electron chi connectivity index (χ0n) is 13.1. The number of Topliss-reactive ketones (excluding diaryl/α,β-unsaturated/α-hetero) is 1. The van der Waals surface area contributed by atoms with Crippen molar-refractivity contribution in [3.63, 3.8) is 0 Å². The Hall–Kier alpha value is -2.38. The van der Waals surface area contributed by atoms with Gasteiger partial charge in [-0.05, 0) is 67.1 Å². The van der Waals surface area contributed by atoms with E-state index in [0.717, 1.165) is 18.4 Å². The molecule has 0 N–H and O–H groups in total. The molecule has 2 aromatic rings. The van der Waals surface area contributed by atoms with Crippen molar-refractivity contribution >= 4 is 17.4 Å². The standard InChI is InChI=1S/C19H15ClFNO2/c1-11(23)16-8-17(12-2-3-12)14(7-18(16)21)10-24-19-5-4-15(20)6-13(19)9-22/h4-8,12H,2-3,10H2,1H3. The SMILES string of the molecule is CC(=O)c1cc(C2CC2)c(COc2ccc(Cl)cc2C#N)cc1F. The summed E-state index contributed by atoms with van der Waals surface area (Å²) in [5, 5.41) is 9.60. The highest BCUT2D eigenvalue weighted by Gasteiger charge is 2.28. The molecule has 0 spiro atoms. The minimum Gasteiger partial charge on any atom is -0.488 e. The molecule has 3 nitrogen and oxygen atoms in total. The van der Waals surface area contributed by atoms with E-state index in [-0.39, 0.29) is 18.0 Å². The van der Waals surface area contributed by atoms with Gasteiger partial charge in [0.25, 0.3) is 0 Å². The molecule has 24 heavy (non-hydrogen) atoms. The van der Waals surface area contributed by atoms with Crippen molar-refractivity contribution in [2.24, 2.45) is 0 Å². The number of ether oxygens (including phenoxy) is 1. The van der Waals surface area contributed by atoms with Crippen LogP contribution in [-0.4, -0.2) is 5.78 Å². The molecule has 0 atom stereocenters. The topological polar surface area (TPSA) is 50.1 Å². The van der Waals surface area contributed by atoms with Crippen LogP contribution in [0.25, 0.3) is 0 Å². The summed E-state index contributed by atoms with van der Waals surface area (Å²) in [6, 6.07) is 9.82. The van der Waals surface area contributed by atoms with Gasteiger partial charge in [0.2, 0.25) is 0 Å². The lowest BCUT2D eigenvalue weighted by Gasteiger charge is -2.13. The van der Waals surface area contributed by atoms with Crippen LogP contribution in [0, 0.1) is 17.1 Å². The van der Waals surface area contributed by atoms with Crippen LogP contribution < -0.4 is 4.74 Å². The van der Waals surface area contributed by atoms with Gasteiger partial charge in [-0.15, -0.1) is 0 Å². The van der Waals surface area contributed by atoms with Crippen molar-refractivity contribution in [1.29, 1.82) is 5.26 Å². The minimum absolute atomic E-state index is 0.116. The second-order valence-electron chi connectivity index (χ2n) is 5.90. The van der Waals surface area contributed by atoms with Gasteiger partial charge in [0.05, 0.1) is 11.1 Å². The van der Waals surface area contributed by atoms with Crippen molar-refractivity contribution < 1.29 is 13.9 Å². The Balaban J connectivity index is 1.89.